The Morgan fingerprint density at radius 2 is 1.79 bits per heavy atom. The number of hydrogen-bond acceptors (Lipinski definition) is 9. The Balaban J connectivity index is 1.77. The number of nitriles is 1. The monoisotopic (exact) mass is 470 g/mol. The first kappa shape index (κ1) is 24.7. The van der Waals surface area contributed by atoms with Gasteiger partial charge in [-0.25, -0.2) is 4.79 Å². The van der Waals surface area contributed by atoms with Crippen LogP contribution >= 0.6 is 0 Å². The molecule has 0 spiro atoms. The number of aliphatic hydroxyl groups is 3. The van der Waals surface area contributed by atoms with Crippen molar-refractivity contribution >= 4 is 18.0 Å². The highest BCUT2D eigenvalue weighted by Gasteiger charge is 2.48. The fourth-order valence-electron chi connectivity index (χ4n) is 3.18. The molecule has 6 N–H and O–H groups in total. The van der Waals surface area contributed by atoms with Crippen molar-refractivity contribution in [3.63, 3.8) is 0 Å². The lowest BCUT2D eigenvalue weighted by Crippen LogP contribution is -2.61. The van der Waals surface area contributed by atoms with Crippen LogP contribution in [0.1, 0.15) is 11.1 Å². The summed E-state index contributed by atoms with van der Waals surface area (Å²) in [6.07, 6.45) is -8.00. The smallest absolute Gasteiger partial charge is 0.335 e. The molecular formula is C23H22N2O9. The first-order chi connectivity index (χ1) is 16.2. The van der Waals surface area contributed by atoms with Gasteiger partial charge in [0, 0.05) is 6.54 Å². The van der Waals surface area contributed by atoms with E-state index in [9.17, 15) is 35.3 Å². The van der Waals surface area contributed by atoms with Crippen molar-refractivity contribution < 1.29 is 44.6 Å². The Hall–Kier alpha value is -3.95. The van der Waals surface area contributed by atoms with E-state index in [0.29, 0.717) is 0 Å². The van der Waals surface area contributed by atoms with Crippen LogP contribution in [0, 0.1) is 11.3 Å². The number of hydrogen-bond donors (Lipinski definition) is 6. The molecule has 11 heteroatoms. The molecule has 1 aliphatic rings. The minimum atomic E-state index is -1.90. The van der Waals surface area contributed by atoms with Crippen molar-refractivity contribution in [3.05, 3.63) is 65.2 Å². The lowest BCUT2D eigenvalue weighted by Gasteiger charge is -2.38. The predicted molar refractivity (Wildman–Crippen MR) is 115 cm³/mol. The van der Waals surface area contributed by atoms with Gasteiger partial charge in [-0.05, 0) is 29.3 Å². The van der Waals surface area contributed by atoms with Gasteiger partial charge < -0.3 is 40.3 Å². The zero-order valence-electron chi connectivity index (χ0n) is 17.6. The van der Waals surface area contributed by atoms with Crippen molar-refractivity contribution in [1.82, 2.24) is 5.32 Å². The molecule has 1 saturated heterocycles. The number of carboxylic acids is 1. The number of aliphatic carboxylic acids is 1. The summed E-state index contributed by atoms with van der Waals surface area (Å²) in [6.45, 7) is 0.207. The van der Waals surface area contributed by atoms with Gasteiger partial charge in [0.25, 0.3) is 5.91 Å². The number of nitrogens with one attached hydrogen (secondary N) is 1. The van der Waals surface area contributed by atoms with Crippen molar-refractivity contribution in [3.8, 4) is 17.6 Å². The molecular weight excluding hydrogens is 448 g/mol. The van der Waals surface area contributed by atoms with E-state index in [4.69, 9.17) is 14.6 Å². The first-order valence-corrected chi connectivity index (χ1v) is 10.1. The number of amides is 1. The molecule has 0 aliphatic carbocycles. The molecule has 2 aromatic rings. The Kier molecular flexibility index (Phi) is 7.83. The zero-order valence-corrected chi connectivity index (χ0v) is 17.6. The standard InChI is InChI=1S/C23H22N2O9/c24-10-14(21(30)25-11-12-4-2-1-3-5-12)8-13-6-7-15(26)16(9-13)33-23-19(29)17(27)18(28)20(34-23)22(31)32/h1-9,17-20,23,26-29H,11H2,(H,25,30)(H,31,32)/b14-8+/t17-,18-,19+,20-,23+/m0/s1. The number of aromatic hydroxyl groups is 1. The second-order valence-electron chi connectivity index (χ2n) is 7.42. The first-order valence-electron chi connectivity index (χ1n) is 10.1. The molecule has 5 atom stereocenters. The fourth-order valence-corrected chi connectivity index (χ4v) is 3.18. The van der Waals surface area contributed by atoms with Crippen LogP contribution in [0.4, 0.5) is 0 Å². The minimum absolute atomic E-state index is 0.207. The zero-order chi connectivity index (χ0) is 24.8. The van der Waals surface area contributed by atoms with Gasteiger partial charge >= 0.3 is 5.97 Å². The average Bonchev–Trinajstić information content (AvgIpc) is 2.83. The normalized spacial score (nSPS) is 24.6. The van der Waals surface area contributed by atoms with E-state index < -0.39 is 48.3 Å². The van der Waals surface area contributed by atoms with Crippen LogP contribution in [0.3, 0.4) is 0 Å². The van der Waals surface area contributed by atoms with E-state index in [1.807, 2.05) is 30.3 Å². The summed E-state index contributed by atoms with van der Waals surface area (Å²) in [5.74, 6) is -2.93. The predicted octanol–water partition coefficient (Wildman–Crippen LogP) is -0.113. The Bertz CT molecular complexity index is 1110. The van der Waals surface area contributed by atoms with Crippen LogP contribution in [0.15, 0.2) is 54.1 Å². The largest absolute Gasteiger partial charge is 0.504 e. The van der Waals surface area contributed by atoms with E-state index in [0.717, 1.165) is 5.56 Å². The van der Waals surface area contributed by atoms with E-state index in [-0.39, 0.29) is 23.4 Å². The van der Waals surface area contributed by atoms with Crippen molar-refractivity contribution in [2.45, 2.75) is 37.3 Å². The number of nitrogens with zero attached hydrogens (tertiary/aromatic N) is 1. The van der Waals surface area contributed by atoms with Crippen LogP contribution < -0.4 is 10.1 Å². The van der Waals surface area contributed by atoms with E-state index in [1.54, 1.807) is 6.07 Å². The quantitative estimate of drug-likeness (QED) is 0.235. The Morgan fingerprint density at radius 1 is 1.09 bits per heavy atom. The van der Waals surface area contributed by atoms with Gasteiger partial charge in [-0.15, -0.1) is 0 Å². The number of carbonyl (C=O) groups excluding carboxylic acids is 1. The molecule has 0 bridgehead atoms. The number of benzene rings is 2. The highest BCUT2D eigenvalue weighted by atomic mass is 16.7. The molecule has 3 rings (SSSR count). The van der Waals surface area contributed by atoms with Gasteiger partial charge in [-0.3, -0.25) is 4.79 Å². The molecule has 0 radical (unpaired) electrons. The lowest BCUT2D eigenvalue weighted by atomic mass is 9.99. The Morgan fingerprint density at radius 3 is 2.44 bits per heavy atom. The van der Waals surface area contributed by atoms with Gasteiger partial charge in [0.2, 0.25) is 6.29 Å². The Labute approximate surface area is 193 Å². The molecule has 0 unspecified atom stereocenters. The molecule has 0 aromatic heterocycles. The number of ether oxygens (including phenoxy) is 2. The number of phenolic OH excluding ortho intramolecular Hbond substituents is 1. The highest BCUT2D eigenvalue weighted by Crippen LogP contribution is 2.32. The number of aliphatic hydroxyl groups excluding tert-OH is 3. The third-order valence-corrected chi connectivity index (χ3v) is 5.01. The van der Waals surface area contributed by atoms with E-state index in [1.165, 1.54) is 24.3 Å². The SMILES string of the molecule is N#C/C(=C\c1ccc(O)c(O[C@@H]2O[C@H](C(=O)O)[C@@H](O)[C@H](O)[C@H]2O)c1)C(=O)NCc1ccccc1. The highest BCUT2D eigenvalue weighted by molar-refractivity contribution is 6.01. The topological polar surface area (TPSA) is 190 Å². The lowest BCUT2D eigenvalue weighted by molar-refractivity contribution is -0.271. The maximum absolute atomic E-state index is 12.4. The number of rotatable bonds is 7. The number of phenols is 1. The second kappa shape index (κ2) is 10.8. The molecule has 34 heavy (non-hydrogen) atoms. The van der Waals surface area contributed by atoms with Crippen molar-refractivity contribution in [1.29, 1.82) is 5.26 Å². The third kappa shape index (κ3) is 5.69. The molecule has 1 aliphatic heterocycles. The molecule has 1 amide bonds. The fraction of sp³-hybridized carbons (Fsp3) is 0.261. The molecule has 1 heterocycles. The summed E-state index contributed by atoms with van der Waals surface area (Å²) in [6, 6.07) is 14.7. The van der Waals surface area contributed by atoms with Gasteiger partial charge in [0.05, 0.1) is 0 Å². The van der Waals surface area contributed by atoms with E-state index >= 15 is 0 Å². The van der Waals surface area contributed by atoms with Gasteiger partial charge in [0.1, 0.15) is 30.0 Å². The summed E-state index contributed by atoms with van der Waals surface area (Å²) in [7, 11) is 0. The summed E-state index contributed by atoms with van der Waals surface area (Å²) < 4.78 is 10.4. The van der Waals surface area contributed by atoms with Crippen LogP contribution in [0.25, 0.3) is 6.08 Å². The van der Waals surface area contributed by atoms with Gasteiger partial charge in [-0.1, -0.05) is 36.4 Å². The van der Waals surface area contributed by atoms with Crippen molar-refractivity contribution in [2.75, 3.05) is 0 Å². The van der Waals surface area contributed by atoms with Gasteiger partial charge in [0.15, 0.2) is 17.6 Å². The van der Waals surface area contributed by atoms with E-state index in [2.05, 4.69) is 5.32 Å². The van der Waals surface area contributed by atoms with Crippen LogP contribution in [0.2, 0.25) is 0 Å². The minimum Gasteiger partial charge on any atom is -0.504 e. The molecule has 2 aromatic carbocycles. The number of carboxylic acid groups (broad SMARTS) is 1. The van der Waals surface area contributed by atoms with Crippen LogP contribution in [-0.4, -0.2) is 68.1 Å². The van der Waals surface area contributed by atoms with Gasteiger partial charge in [-0.2, -0.15) is 5.26 Å². The average molecular weight is 470 g/mol. The maximum atomic E-state index is 12.4. The number of carbonyl (C=O) groups is 2. The van der Waals surface area contributed by atoms with Crippen LogP contribution in [-0.2, 0) is 20.9 Å². The summed E-state index contributed by atoms with van der Waals surface area (Å²) in [4.78, 5) is 23.6. The maximum Gasteiger partial charge on any atom is 0.335 e. The summed E-state index contributed by atoms with van der Waals surface area (Å²) in [5.41, 5.74) is 0.873. The molecule has 11 nitrogen and oxygen atoms in total. The summed E-state index contributed by atoms with van der Waals surface area (Å²) in [5, 5.41) is 61.0. The van der Waals surface area contributed by atoms with Crippen molar-refractivity contribution in [2.24, 2.45) is 0 Å². The molecule has 178 valence electrons. The summed E-state index contributed by atoms with van der Waals surface area (Å²) >= 11 is 0. The second-order valence-corrected chi connectivity index (χ2v) is 7.42. The van der Waals surface area contributed by atoms with Crippen LogP contribution in [0.5, 0.6) is 11.5 Å². The molecule has 1 fully saturated rings. The molecule has 0 saturated carbocycles. The third-order valence-electron chi connectivity index (χ3n) is 5.01.